The molecule has 1 amide bonds. The highest BCUT2D eigenvalue weighted by Gasteiger charge is 2.42. The molecule has 0 bridgehead atoms. The van der Waals surface area contributed by atoms with E-state index < -0.39 is 12.3 Å². The van der Waals surface area contributed by atoms with Crippen LogP contribution in [-0.2, 0) is 11.4 Å². The molecule has 0 aliphatic carbocycles. The predicted molar refractivity (Wildman–Crippen MR) is 146 cm³/mol. The maximum Gasteiger partial charge on any atom is 0.257 e. The number of aliphatic hydroxyl groups excluding tert-OH is 1. The maximum absolute atomic E-state index is 13.4. The molecule has 4 aromatic rings. The largest absolute Gasteiger partial charge is 0.494 e. The van der Waals surface area contributed by atoms with Crippen molar-refractivity contribution in [1.82, 2.24) is 4.90 Å². The van der Waals surface area contributed by atoms with E-state index in [4.69, 9.17) is 9.57 Å². The molecule has 0 saturated heterocycles. The smallest absolute Gasteiger partial charge is 0.257 e. The van der Waals surface area contributed by atoms with E-state index in [1.807, 2.05) is 60.7 Å². The van der Waals surface area contributed by atoms with Crippen LogP contribution in [0.5, 0.6) is 5.75 Å². The number of fused-ring (bicyclic) bond motifs is 2. The first kappa shape index (κ1) is 24.9. The summed E-state index contributed by atoms with van der Waals surface area (Å²) in [7, 11) is 1.52. The first-order valence-electron chi connectivity index (χ1n) is 12.8. The lowest BCUT2D eigenvalue weighted by atomic mass is 10.0. The van der Waals surface area contributed by atoms with Crippen molar-refractivity contribution in [2.75, 3.05) is 30.6 Å². The Hall–Kier alpha value is -4.40. The van der Waals surface area contributed by atoms with Crippen molar-refractivity contribution < 1.29 is 23.9 Å². The lowest BCUT2D eigenvalue weighted by Crippen LogP contribution is -2.36. The van der Waals surface area contributed by atoms with E-state index in [0.717, 1.165) is 11.1 Å². The number of aliphatic hydroxyl groups is 1. The van der Waals surface area contributed by atoms with Crippen molar-refractivity contribution in [3.63, 3.8) is 0 Å². The first-order chi connectivity index (χ1) is 19.0. The van der Waals surface area contributed by atoms with E-state index in [9.17, 15) is 14.3 Å². The zero-order chi connectivity index (χ0) is 26.9. The Labute approximate surface area is 226 Å². The van der Waals surface area contributed by atoms with Crippen LogP contribution >= 0.6 is 0 Å². The first-order valence-corrected chi connectivity index (χ1v) is 12.8. The summed E-state index contributed by atoms with van der Waals surface area (Å²) in [5, 5.41) is 16.5. The minimum absolute atomic E-state index is 0.126. The molecule has 2 aliphatic rings. The Morgan fingerprint density at radius 3 is 2.26 bits per heavy atom. The number of halogens is 1. The average molecular weight is 526 g/mol. The van der Waals surface area contributed by atoms with E-state index in [-0.39, 0.29) is 18.3 Å². The molecule has 4 aromatic carbocycles. The van der Waals surface area contributed by atoms with Gasteiger partial charge in [-0.2, -0.15) is 0 Å². The quantitative estimate of drug-likeness (QED) is 0.335. The van der Waals surface area contributed by atoms with E-state index in [1.165, 1.54) is 24.1 Å². The molecule has 2 aliphatic heterocycles. The fraction of sp³-hybridized carbons (Fsp3) is 0.194. The summed E-state index contributed by atoms with van der Waals surface area (Å²) in [4.78, 5) is 21.5. The SMILES string of the molecule is COc1c2c(cc3c1N(OC(c1ccccc1)c1ccccc1)CCN3)C(=O)N(Cc1ccc(F)cc1)C2O. The number of nitrogens with zero attached hydrogens (tertiary/aromatic N) is 2. The number of hydroxylamine groups is 1. The summed E-state index contributed by atoms with van der Waals surface area (Å²) < 4.78 is 19.3. The summed E-state index contributed by atoms with van der Waals surface area (Å²) in [6.07, 6.45) is -1.63. The van der Waals surface area contributed by atoms with Gasteiger partial charge in [0.05, 0.1) is 30.5 Å². The molecule has 198 valence electrons. The van der Waals surface area contributed by atoms with Crippen molar-refractivity contribution in [2.24, 2.45) is 0 Å². The molecule has 1 unspecified atom stereocenters. The number of carbonyl (C=O) groups is 1. The van der Waals surface area contributed by atoms with E-state index in [0.29, 0.717) is 46.9 Å². The van der Waals surface area contributed by atoms with Gasteiger partial charge in [-0.15, -0.1) is 0 Å². The van der Waals surface area contributed by atoms with Gasteiger partial charge in [-0.25, -0.2) is 9.45 Å². The number of nitrogens with one attached hydrogen (secondary N) is 1. The molecule has 0 spiro atoms. The molecule has 7 nitrogen and oxygen atoms in total. The third-order valence-corrected chi connectivity index (χ3v) is 7.13. The van der Waals surface area contributed by atoms with Crippen LogP contribution in [0, 0.1) is 5.82 Å². The minimum Gasteiger partial charge on any atom is -0.494 e. The second-order valence-electron chi connectivity index (χ2n) is 9.54. The van der Waals surface area contributed by atoms with Crippen molar-refractivity contribution >= 4 is 17.3 Å². The van der Waals surface area contributed by atoms with Gasteiger partial charge in [0.15, 0.2) is 12.0 Å². The van der Waals surface area contributed by atoms with Gasteiger partial charge in [-0.05, 0) is 34.9 Å². The van der Waals surface area contributed by atoms with E-state index in [1.54, 1.807) is 23.3 Å². The maximum atomic E-state index is 13.4. The monoisotopic (exact) mass is 525 g/mol. The second kappa shape index (κ2) is 10.4. The van der Waals surface area contributed by atoms with Gasteiger partial charge in [0, 0.05) is 13.1 Å². The lowest BCUT2D eigenvalue weighted by Gasteiger charge is -2.36. The van der Waals surface area contributed by atoms with Crippen molar-refractivity contribution in [2.45, 2.75) is 18.9 Å². The Morgan fingerprint density at radius 1 is 1.00 bits per heavy atom. The van der Waals surface area contributed by atoms with Gasteiger partial charge in [0.25, 0.3) is 5.91 Å². The molecular weight excluding hydrogens is 497 g/mol. The number of rotatable bonds is 7. The summed E-state index contributed by atoms with van der Waals surface area (Å²) in [5.74, 6) is -0.314. The molecule has 0 radical (unpaired) electrons. The number of anilines is 2. The molecule has 0 saturated carbocycles. The number of hydrogen-bond acceptors (Lipinski definition) is 6. The van der Waals surface area contributed by atoms with Crippen LogP contribution in [0.2, 0.25) is 0 Å². The van der Waals surface area contributed by atoms with Gasteiger partial charge < -0.3 is 20.1 Å². The number of benzene rings is 4. The van der Waals surface area contributed by atoms with Crippen LogP contribution in [-0.4, -0.2) is 36.1 Å². The summed E-state index contributed by atoms with van der Waals surface area (Å²) in [6, 6.07) is 27.6. The molecule has 6 rings (SSSR count). The zero-order valence-electron chi connectivity index (χ0n) is 21.4. The fourth-order valence-electron chi connectivity index (χ4n) is 5.26. The van der Waals surface area contributed by atoms with Crippen LogP contribution in [0.3, 0.4) is 0 Å². The molecule has 39 heavy (non-hydrogen) atoms. The Morgan fingerprint density at radius 2 is 1.64 bits per heavy atom. The number of carbonyl (C=O) groups excluding carboxylic acids is 1. The van der Waals surface area contributed by atoms with Gasteiger partial charge in [0.2, 0.25) is 0 Å². The van der Waals surface area contributed by atoms with Crippen molar-refractivity contribution in [1.29, 1.82) is 0 Å². The Bertz CT molecular complexity index is 1440. The zero-order valence-corrected chi connectivity index (χ0v) is 21.4. The van der Waals surface area contributed by atoms with Crippen LogP contribution in [0.25, 0.3) is 0 Å². The van der Waals surface area contributed by atoms with Crippen molar-refractivity contribution in [3.05, 3.63) is 125 Å². The van der Waals surface area contributed by atoms with Gasteiger partial charge in [-0.1, -0.05) is 72.8 Å². The van der Waals surface area contributed by atoms with Gasteiger partial charge >= 0.3 is 0 Å². The predicted octanol–water partition coefficient (Wildman–Crippen LogP) is 5.43. The average Bonchev–Trinajstić information content (AvgIpc) is 3.21. The highest BCUT2D eigenvalue weighted by Crippen LogP contribution is 2.50. The molecule has 1 atom stereocenters. The standard InChI is InChI=1S/C31H28FN3O4/c1-38-29-26-24(30(36)34(31(26)37)19-20-12-14-23(32)15-13-20)18-25-27(29)35(17-16-33-25)39-28(21-8-4-2-5-9-21)22-10-6-3-7-11-22/h2-15,18,28,31,33,37H,16-17,19H2,1H3. The van der Waals surface area contributed by atoms with Gasteiger partial charge in [0.1, 0.15) is 17.6 Å². The Kier molecular flexibility index (Phi) is 6.64. The molecule has 2 heterocycles. The van der Waals surface area contributed by atoms with Crippen molar-refractivity contribution in [3.8, 4) is 5.75 Å². The topological polar surface area (TPSA) is 74.3 Å². The molecular formula is C31H28FN3O4. The number of amides is 1. The van der Waals surface area contributed by atoms with Crippen LogP contribution in [0.1, 0.15) is 44.9 Å². The fourth-order valence-corrected chi connectivity index (χ4v) is 5.26. The third kappa shape index (κ3) is 4.58. The second-order valence-corrected chi connectivity index (χ2v) is 9.54. The number of ether oxygens (including phenoxy) is 1. The summed E-state index contributed by atoms with van der Waals surface area (Å²) in [5.41, 5.74) is 4.73. The highest BCUT2D eigenvalue weighted by molar-refractivity contribution is 6.03. The Balaban J connectivity index is 1.38. The molecule has 2 N–H and O–H groups in total. The van der Waals surface area contributed by atoms with E-state index in [2.05, 4.69) is 5.32 Å². The highest BCUT2D eigenvalue weighted by atomic mass is 19.1. The van der Waals surface area contributed by atoms with Crippen LogP contribution in [0.4, 0.5) is 15.8 Å². The van der Waals surface area contributed by atoms with Crippen LogP contribution < -0.4 is 15.1 Å². The molecule has 0 aromatic heterocycles. The molecule has 0 fully saturated rings. The number of methoxy groups -OCH3 is 1. The van der Waals surface area contributed by atoms with E-state index >= 15 is 0 Å². The van der Waals surface area contributed by atoms with Gasteiger partial charge in [-0.3, -0.25) is 9.63 Å². The third-order valence-electron chi connectivity index (χ3n) is 7.13. The summed E-state index contributed by atoms with van der Waals surface area (Å²) >= 11 is 0. The lowest BCUT2D eigenvalue weighted by molar-refractivity contribution is 0.0127. The number of hydrogen-bond donors (Lipinski definition) is 2. The summed E-state index contributed by atoms with van der Waals surface area (Å²) in [6.45, 7) is 1.23. The minimum atomic E-state index is -1.24. The van der Waals surface area contributed by atoms with Crippen LogP contribution in [0.15, 0.2) is 91.0 Å². The molecule has 8 heteroatoms. The normalized spacial score (nSPS) is 16.2.